The molecule has 0 bridgehead atoms. The maximum absolute atomic E-state index is 13.7. The molecule has 122 valence electrons. The van der Waals surface area contributed by atoms with Gasteiger partial charge in [-0.1, -0.05) is 55.5 Å². The highest BCUT2D eigenvalue weighted by atomic mass is 19.1. The lowest BCUT2D eigenvalue weighted by molar-refractivity contribution is -0.975. The Morgan fingerprint density at radius 3 is 2.21 bits per heavy atom. The van der Waals surface area contributed by atoms with Crippen LogP contribution in [0.25, 0.3) is 0 Å². The van der Waals surface area contributed by atoms with Crippen molar-refractivity contribution in [1.29, 1.82) is 0 Å². The van der Waals surface area contributed by atoms with Crippen molar-refractivity contribution >= 4 is 0 Å². The number of quaternary nitrogens is 1. The Kier molecular flexibility index (Phi) is 2.05. The van der Waals surface area contributed by atoms with Crippen molar-refractivity contribution in [3.8, 4) is 0 Å². The maximum Gasteiger partial charge on any atom is 0.180 e. The first-order valence-electron chi connectivity index (χ1n) is 9.32. The van der Waals surface area contributed by atoms with Crippen molar-refractivity contribution < 1.29 is 8.87 Å². The lowest BCUT2D eigenvalue weighted by Gasteiger charge is -2.50. The number of rotatable bonds is 3. The summed E-state index contributed by atoms with van der Waals surface area (Å²) in [5, 5.41) is 0. The first kappa shape index (κ1) is 13.6. The molecule has 0 radical (unpaired) electrons. The van der Waals surface area contributed by atoms with Crippen LogP contribution in [0.2, 0.25) is 0 Å². The van der Waals surface area contributed by atoms with Gasteiger partial charge in [0.1, 0.15) is 5.54 Å². The number of halogens is 1. The van der Waals surface area contributed by atoms with Gasteiger partial charge in [-0.25, -0.2) is 0 Å². The summed E-state index contributed by atoms with van der Waals surface area (Å²) in [5.74, 6) is 0. The maximum atomic E-state index is 13.7. The molecule has 0 amide bonds. The fraction of sp³-hybridized carbons (Fsp3) is 0.455. The molecule has 6 rings (SSSR count). The fourth-order valence-corrected chi connectivity index (χ4v) is 8.06. The second kappa shape index (κ2) is 3.62. The first-order valence-corrected chi connectivity index (χ1v) is 9.32. The normalized spacial score (nSPS) is 45.0. The van der Waals surface area contributed by atoms with Crippen molar-refractivity contribution in [1.82, 2.24) is 0 Å². The minimum Gasteiger partial charge on any atom is -0.281 e. The molecule has 4 aliphatic heterocycles. The van der Waals surface area contributed by atoms with E-state index < -0.39 is 0 Å². The molecule has 2 saturated heterocycles. The van der Waals surface area contributed by atoms with E-state index in [-0.39, 0.29) is 23.3 Å². The average molecular weight is 320 g/mol. The summed E-state index contributed by atoms with van der Waals surface area (Å²) in [7, 11) is 0. The van der Waals surface area contributed by atoms with E-state index in [1.54, 1.807) is 5.56 Å². The number of hydrogen-bond donors (Lipinski definition) is 0. The number of nitrogens with zero attached hydrogens (tertiary/aromatic N) is 1. The lowest BCUT2D eigenvalue weighted by Crippen LogP contribution is -2.62. The van der Waals surface area contributed by atoms with E-state index in [1.165, 1.54) is 16.7 Å². The van der Waals surface area contributed by atoms with Gasteiger partial charge in [0.15, 0.2) is 17.1 Å². The third-order valence-electron chi connectivity index (χ3n) is 8.41. The highest BCUT2D eigenvalue weighted by molar-refractivity contribution is 5.61. The molecule has 2 heteroatoms. The number of hydrogen-bond acceptors (Lipinski definition) is 0. The standard InChI is InChI=1S/C22H23FN/c1-3-22-18-11-7-5-9-16(18)20(2)15-8-4-6-10-17(15)21(12-13-23)14-19(22)24(20,21)22/h4-11,19H,3,12-14H2,1-2H3/q+1/t19?,20?,21-,22-,24?/m0/s1. The average Bonchev–Trinajstić information content (AvgIpc) is 2.97. The zero-order valence-corrected chi connectivity index (χ0v) is 14.3. The zero-order chi connectivity index (χ0) is 16.4. The van der Waals surface area contributed by atoms with Crippen molar-refractivity contribution in [3.05, 3.63) is 70.8 Å². The summed E-state index contributed by atoms with van der Waals surface area (Å²) in [6.45, 7) is 4.57. The van der Waals surface area contributed by atoms with E-state index in [0.717, 1.165) is 17.3 Å². The first-order chi connectivity index (χ1) is 11.7. The number of benzene rings is 2. The highest BCUT2D eigenvalue weighted by Crippen LogP contribution is 2.90. The van der Waals surface area contributed by atoms with Gasteiger partial charge in [-0.05, 0) is 6.92 Å². The van der Waals surface area contributed by atoms with Gasteiger partial charge in [0.2, 0.25) is 0 Å². The molecule has 1 spiro atoms. The van der Waals surface area contributed by atoms with Gasteiger partial charge >= 0.3 is 0 Å². The summed E-state index contributed by atoms with van der Waals surface area (Å²) in [5.41, 5.74) is 6.17. The molecular weight excluding hydrogens is 297 g/mol. The van der Waals surface area contributed by atoms with E-state index in [1.807, 2.05) is 0 Å². The zero-order valence-electron chi connectivity index (χ0n) is 14.3. The van der Waals surface area contributed by atoms with Crippen LogP contribution in [0.4, 0.5) is 4.39 Å². The van der Waals surface area contributed by atoms with Crippen molar-refractivity contribution in [3.63, 3.8) is 0 Å². The third kappa shape index (κ3) is 0.872. The summed E-state index contributed by atoms with van der Waals surface area (Å²) >= 11 is 0. The predicted octanol–water partition coefficient (Wildman–Crippen LogP) is 4.74. The molecule has 0 N–H and O–H groups in total. The van der Waals surface area contributed by atoms with Crippen LogP contribution < -0.4 is 0 Å². The van der Waals surface area contributed by atoms with Crippen LogP contribution in [-0.4, -0.2) is 17.2 Å². The molecule has 4 heterocycles. The summed E-state index contributed by atoms with van der Waals surface area (Å²) in [4.78, 5) is 0. The van der Waals surface area contributed by atoms with E-state index in [0.29, 0.717) is 12.5 Å². The van der Waals surface area contributed by atoms with Crippen molar-refractivity contribution in [2.24, 2.45) is 0 Å². The molecular formula is C22H23FN+. The minimum atomic E-state index is -0.215. The molecule has 0 saturated carbocycles. The second-order valence-corrected chi connectivity index (χ2v) is 8.35. The Bertz CT molecular complexity index is 906. The third-order valence-corrected chi connectivity index (χ3v) is 8.41. The quantitative estimate of drug-likeness (QED) is 0.566. The van der Waals surface area contributed by atoms with Crippen LogP contribution >= 0.6 is 0 Å². The summed E-state index contributed by atoms with van der Waals surface area (Å²) < 4.78 is 14.8. The molecule has 4 aliphatic rings. The van der Waals surface area contributed by atoms with Crippen LogP contribution in [0.15, 0.2) is 48.5 Å². The van der Waals surface area contributed by atoms with Gasteiger partial charge in [0.05, 0.1) is 13.1 Å². The van der Waals surface area contributed by atoms with Crippen molar-refractivity contribution in [2.75, 3.05) is 6.67 Å². The monoisotopic (exact) mass is 320 g/mol. The molecule has 0 aliphatic carbocycles. The van der Waals surface area contributed by atoms with Crippen molar-refractivity contribution in [2.45, 2.75) is 55.8 Å². The van der Waals surface area contributed by atoms with Crippen LogP contribution in [0.5, 0.6) is 0 Å². The van der Waals surface area contributed by atoms with Crippen LogP contribution in [0.1, 0.15) is 55.4 Å². The summed E-state index contributed by atoms with van der Waals surface area (Å²) in [6, 6.07) is 18.7. The van der Waals surface area contributed by atoms with Gasteiger partial charge in [0, 0.05) is 35.1 Å². The largest absolute Gasteiger partial charge is 0.281 e. The Labute approximate surface area is 142 Å². The van der Waals surface area contributed by atoms with Gasteiger partial charge in [-0.2, -0.15) is 0 Å². The van der Waals surface area contributed by atoms with E-state index >= 15 is 0 Å². The van der Waals surface area contributed by atoms with Gasteiger partial charge in [-0.15, -0.1) is 0 Å². The Morgan fingerprint density at radius 2 is 1.58 bits per heavy atom. The Balaban J connectivity index is 1.77. The number of fused-ring (bicyclic) bond motifs is 7. The Morgan fingerprint density at radius 1 is 1.00 bits per heavy atom. The van der Waals surface area contributed by atoms with Crippen LogP contribution in [0, 0.1) is 0 Å². The second-order valence-electron chi connectivity index (χ2n) is 8.35. The smallest absolute Gasteiger partial charge is 0.180 e. The topological polar surface area (TPSA) is 0 Å². The molecule has 0 aromatic heterocycles. The van der Waals surface area contributed by atoms with E-state index in [9.17, 15) is 4.39 Å². The van der Waals surface area contributed by atoms with Gasteiger partial charge in [-0.3, -0.25) is 8.87 Å². The molecule has 5 atom stereocenters. The van der Waals surface area contributed by atoms with Gasteiger partial charge in [0.25, 0.3) is 0 Å². The summed E-state index contributed by atoms with van der Waals surface area (Å²) in [6.07, 6.45) is 2.99. The number of alkyl halides is 1. The predicted molar refractivity (Wildman–Crippen MR) is 92.2 cm³/mol. The van der Waals surface area contributed by atoms with E-state index in [2.05, 4.69) is 62.4 Å². The molecule has 2 aromatic carbocycles. The minimum absolute atomic E-state index is 0.000208. The molecule has 2 fully saturated rings. The van der Waals surface area contributed by atoms with E-state index in [4.69, 9.17) is 0 Å². The fourth-order valence-electron chi connectivity index (χ4n) is 8.06. The van der Waals surface area contributed by atoms with Crippen LogP contribution in [0.3, 0.4) is 0 Å². The van der Waals surface area contributed by atoms with Crippen LogP contribution in [-0.2, 0) is 16.6 Å². The Hall–Kier alpha value is -1.67. The highest BCUT2D eigenvalue weighted by Gasteiger charge is 3.03. The SMILES string of the molecule is CC[C@]12c3ccccc3C3(C)c4ccccc4[C@]4(CCF)CC1[N+]342. The lowest BCUT2D eigenvalue weighted by atomic mass is 9.76. The molecule has 3 unspecified atom stereocenters. The van der Waals surface area contributed by atoms with Gasteiger partial charge < -0.3 is 0 Å². The molecule has 1 nitrogen and oxygen atoms in total. The molecule has 2 aromatic rings. The molecule has 24 heavy (non-hydrogen) atoms.